The largest absolute Gasteiger partial charge is 0.481 e. The van der Waals surface area contributed by atoms with E-state index in [9.17, 15) is 19.8 Å². The van der Waals surface area contributed by atoms with Crippen molar-refractivity contribution in [2.45, 2.75) is 45.6 Å². The maximum absolute atomic E-state index is 12.5. The number of rotatable bonds is 6. The number of benzene rings is 1. The van der Waals surface area contributed by atoms with Gasteiger partial charge in [-0.05, 0) is 31.2 Å². The van der Waals surface area contributed by atoms with E-state index in [4.69, 9.17) is 0 Å². The molecule has 5 nitrogen and oxygen atoms in total. The minimum absolute atomic E-state index is 0.0257. The van der Waals surface area contributed by atoms with Crippen LogP contribution in [0.3, 0.4) is 0 Å². The van der Waals surface area contributed by atoms with Crippen LogP contribution >= 0.6 is 0 Å². The summed E-state index contributed by atoms with van der Waals surface area (Å²) >= 11 is 0. The number of aliphatic hydroxyl groups is 1. The van der Waals surface area contributed by atoms with Gasteiger partial charge in [0.25, 0.3) is 0 Å². The zero-order chi connectivity index (χ0) is 17.7. The van der Waals surface area contributed by atoms with Gasteiger partial charge < -0.3 is 15.1 Å². The molecule has 5 heteroatoms. The van der Waals surface area contributed by atoms with Crippen LogP contribution in [-0.2, 0) is 16.0 Å². The molecule has 1 aromatic rings. The summed E-state index contributed by atoms with van der Waals surface area (Å²) in [6.07, 6.45) is 0.996. The highest BCUT2D eigenvalue weighted by Crippen LogP contribution is 2.36. The molecule has 1 aliphatic rings. The number of aliphatic carboxylic acids is 1. The maximum atomic E-state index is 12.5. The second kappa shape index (κ2) is 7.79. The fourth-order valence-electron chi connectivity index (χ4n) is 3.56. The van der Waals surface area contributed by atoms with E-state index in [0.717, 1.165) is 18.4 Å². The summed E-state index contributed by atoms with van der Waals surface area (Å²) in [5, 5.41) is 20.4. The highest BCUT2D eigenvalue weighted by molar-refractivity contribution is 5.80. The Morgan fingerprint density at radius 2 is 1.88 bits per heavy atom. The molecule has 1 heterocycles. The van der Waals surface area contributed by atoms with E-state index < -0.39 is 17.5 Å². The van der Waals surface area contributed by atoms with Crippen molar-refractivity contribution in [2.75, 3.05) is 13.1 Å². The Bertz CT molecular complexity index is 570. The van der Waals surface area contributed by atoms with Crippen LogP contribution in [0.25, 0.3) is 0 Å². The third-order valence-electron chi connectivity index (χ3n) is 5.29. The molecule has 0 saturated carbocycles. The molecule has 1 fully saturated rings. The van der Waals surface area contributed by atoms with Crippen LogP contribution in [0, 0.1) is 11.3 Å². The van der Waals surface area contributed by atoms with E-state index in [-0.39, 0.29) is 31.2 Å². The van der Waals surface area contributed by atoms with Gasteiger partial charge in [0.2, 0.25) is 5.91 Å². The summed E-state index contributed by atoms with van der Waals surface area (Å²) in [5.41, 5.74) is -0.342. The summed E-state index contributed by atoms with van der Waals surface area (Å²) in [6, 6.07) is 9.36. The highest BCUT2D eigenvalue weighted by Gasteiger charge is 2.49. The topological polar surface area (TPSA) is 77.8 Å². The normalized spacial score (nSPS) is 24.2. The smallest absolute Gasteiger partial charge is 0.312 e. The van der Waals surface area contributed by atoms with Crippen molar-refractivity contribution in [3.63, 3.8) is 0 Å². The van der Waals surface area contributed by atoms with Gasteiger partial charge in [-0.2, -0.15) is 0 Å². The Hall–Kier alpha value is -1.88. The first-order chi connectivity index (χ1) is 11.4. The Labute approximate surface area is 143 Å². The standard InChI is InChI=1S/C19H27NO4/c1-3-15(4-2)17(22)20-11-10-19(18(23)24,16(21)13-20)12-14-8-6-5-7-9-14/h5-9,15-16,21H,3-4,10-13H2,1-2H3,(H,23,24)/t16?,19-/m1/s1. The van der Waals surface area contributed by atoms with Gasteiger partial charge in [-0.25, -0.2) is 0 Å². The van der Waals surface area contributed by atoms with Gasteiger partial charge in [-0.3, -0.25) is 9.59 Å². The molecule has 1 aliphatic heterocycles. The zero-order valence-corrected chi connectivity index (χ0v) is 14.4. The lowest BCUT2D eigenvalue weighted by atomic mass is 9.71. The average Bonchev–Trinajstić information content (AvgIpc) is 2.58. The predicted octanol–water partition coefficient (Wildman–Crippen LogP) is 2.33. The van der Waals surface area contributed by atoms with Gasteiger partial charge in [-0.1, -0.05) is 44.2 Å². The van der Waals surface area contributed by atoms with Crippen LogP contribution in [-0.4, -0.2) is 46.2 Å². The van der Waals surface area contributed by atoms with Gasteiger partial charge in [-0.15, -0.1) is 0 Å². The Morgan fingerprint density at radius 1 is 1.25 bits per heavy atom. The summed E-state index contributed by atoms with van der Waals surface area (Å²) in [4.78, 5) is 26.1. The fourth-order valence-corrected chi connectivity index (χ4v) is 3.56. The minimum Gasteiger partial charge on any atom is -0.481 e. The molecule has 2 atom stereocenters. The zero-order valence-electron chi connectivity index (χ0n) is 14.4. The van der Waals surface area contributed by atoms with E-state index in [1.165, 1.54) is 0 Å². The fraction of sp³-hybridized carbons (Fsp3) is 0.579. The molecular formula is C19H27NO4. The van der Waals surface area contributed by atoms with E-state index in [1.807, 2.05) is 44.2 Å². The van der Waals surface area contributed by atoms with Crippen molar-refractivity contribution in [3.8, 4) is 0 Å². The number of β-amino-alcohol motifs (C(OH)–C–C–N with tert-alkyl or cyclic N) is 1. The lowest BCUT2D eigenvalue weighted by Gasteiger charge is -2.43. The van der Waals surface area contributed by atoms with Crippen molar-refractivity contribution in [1.82, 2.24) is 4.90 Å². The second-order valence-electron chi connectivity index (χ2n) is 6.69. The van der Waals surface area contributed by atoms with Gasteiger partial charge >= 0.3 is 5.97 Å². The van der Waals surface area contributed by atoms with Crippen LogP contribution in [0.1, 0.15) is 38.7 Å². The third kappa shape index (κ3) is 3.61. The number of aliphatic hydroxyl groups excluding tert-OH is 1. The van der Waals surface area contributed by atoms with Gasteiger partial charge in [0, 0.05) is 19.0 Å². The van der Waals surface area contributed by atoms with Gasteiger partial charge in [0.05, 0.1) is 6.10 Å². The Morgan fingerprint density at radius 3 is 2.38 bits per heavy atom. The lowest BCUT2D eigenvalue weighted by molar-refractivity contribution is -0.167. The summed E-state index contributed by atoms with van der Waals surface area (Å²) in [5.74, 6) is -1.02. The molecular weight excluding hydrogens is 306 g/mol. The molecule has 0 spiro atoms. The number of carboxylic acid groups (broad SMARTS) is 1. The second-order valence-corrected chi connectivity index (χ2v) is 6.69. The maximum Gasteiger partial charge on any atom is 0.312 e. The molecule has 132 valence electrons. The Kier molecular flexibility index (Phi) is 5.99. The molecule has 1 amide bonds. The number of amides is 1. The van der Waals surface area contributed by atoms with Crippen LogP contribution in [0.4, 0.5) is 0 Å². The third-order valence-corrected chi connectivity index (χ3v) is 5.29. The quantitative estimate of drug-likeness (QED) is 0.837. The number of nitrogens with zero attached hydrogens (tertiary/aromatic N) is 1. The lowest BCUT2D eigenvalue weighted by Crippen LogP contribution is -2.57. The number of hydrogen-bond donors (Lipinski definition) is 2. The van der Waals surface area contributed by atoms with Crippen LogP contribution < -0.4 is 0 Å². The number of carbonyl (C=O) groups is 2. The van der Waals surface area contributed by atoms with Crippen molar-refractivity contribution in [2.24, 2.45) is 11.3 Å². The SMILES string of the molecule is CCC(CC)C(=O)N1CC[C@](Cc2ccccc2)(C(=O)O)C(O)C1. The molecule has 0 aliphatic carbocycles. The minimum atomic E-state index is -1.23. The molecule has 1 unspecified atom stereocenters. The number of carbonyl (C=O) groups excluding carboxylic acids is 1. The van der Waals surface area contributed by atoms with Gasteiger partial charge in [0.15, 0.2) is 0 Å². The van der Waals surface area contributed by atoms with E-state index >= 15 is 0 Å². The summed E-state index contributed by atoms with van der Waals surface area (Å²) < 4.78 is 0. The van der Waals surface area contributed by atoms with E-state index in [2.05, 4.69) is 0 Å². The number of carboxylic acids is 1. The molecule has 2 N–H and O–H groups in total. The van der Waals surface area contributed by atoms with Crippen LogP contribution in [0.5, 0.6) is 0 Å². The molecule has 0 aromatic heterocycles. The molecule has 1 saturated heterocycles. The number of likely N-dealkylation sites (tertiary alicyclic amines) is 1. The summed E-state index contributed by atoms with van der Waals surface area (Å²) in [7, 11) is 0. The molecule has 0 bridgehead atoms. The van der Waals surface area contributed by atoms with Crippen LogP contribution in [0.2, 0.25) is 0 Å². The monoisotopic (exact) mass is 333 g/mol. The highest BCUT2D eigenvalue weighted by atomic mass is 16.4. The molecule has 24 heavy (non-hydrogen) atoms. The van der Waals surface area contributed by atoms with Crippen molar-refractivity contribution < 1.29 is 19.8 Å². The first-order valence-electron chi connectivity index (χ1n) is 8.68. The first-order valence-corrected chi connectivity index (χ1v) is 8.68. The number of piperidine rings is 1. The molecule has 2 rings (SSSR count). The Balaban J connectivity index is 2.16. The van der Waals surface area contributed by atoms with E-state index in [1.54, 1.807) is 4.90 Å². The van der Waals surface area contributed by atoms with Crippen molar-refractivity contribution >= 4 is 11.9 Å². The predicted molar refractivity (Wildman–Crippen MR) is 91.5 cm³/mol. The number of hydrogen-bond acceptors (Lipinski definition) is 3. The van der Waals surface area contributed by atoms with Gasteiger partial charge in [0.1, 0.15) is 5.41 Å². The van der Waals surface area contributed by atoms with E-state index in [0.29, 0.717) is 6.54 Å². The molecule has 1 aromatic carbocycles. The van der Waals surface area contributed by atoms with Crippen molar-refractivity contribution in [3.05, 3.63) is 35.9 Å². The van der Waals surface area contributed by atoms with Crippen molar-refractivity contribution in [1.29, 1.82) is 0 Å². The van der Waals surface area contributed by atoms with Crippen LogP contribution in [0.15, 0.2) is 30.3 Å². The summed E-state index contributed by atoms with van der Waals surface area (Å²) in [6.45, 7) is 4.42. The average molecular weight is 333 g/mol. The first kappa shape index (κ1) is 18.5. The molecule has 0 radical (unpaired) electrons.